The van der Waals surface area contributed by atoms with E-state index in [2.05, 4.69) is 21.2 Å². The summed E-state index contributed by atoms with van der Waals surface area (Å²) in [5.41, 5.74) is 0.0330. The smallest absolute Gasteiger partial charge is 0.411 e. The summed E-state index contributed by atoms with van der Waals surface area (Å²) in [6, 6.07) is 15.2. The Morgan fingerprint density at radius 1 is 1.18 bits per heavy atom. The molecule has 162 valence electrons. The van der Waals surface area contributed by atoms with Gasteiger partial charge >= 0.3 is 6.09 Å². The predicted molar refractivity (Wildman–Crippen MR) is 118 cm³/mol. The quantitative estimate of drug-likeness (QED) is 0.362. The van der Waals surface area contributed by atoms with E-state index in [1.165, 1.54) is 12.1 Å². The van der Waals surface area contributed by atoms with Crippen LogP contribution in [0.25, 0.3) is 11.0 Å². The molecular formula is C24H15FN4O4. The lowest BCUT2D eigenvalue weighted by atomic mass is 9.93. The molecule has 33 heavy (non-hydrogen) atoms. The summed E-state index contributed by atoms with van der Waals surface area (Å²) in [4.78, 5) is 32.4. The van der Waals surface area contributed by atoms with Gasteiger partial charge in [-0.15, -0.1) is 6.42 Å². The minimum atomic E-state index is -1.95. The van der Waals surface area contributed by atoms with Gasteiger partial charge < -0.3 is 15.2 Å². The molecule has 1 aromatic heterocycles. The van der Waals surface area contributed by atoms with Crippen molar-refractivity contribution in [1.82, 2.24) is 9.97 Å². The van der Waals surface area contributed by atoms with Crippen LogP contribution in [-0.2, 0) is 5.72 Å². The molecule has 0 spiro atoms. The fraction of sp³-hybridized carbons (Fsp3) is 0.0417. The molecule has 9 heteroatoms. The minimum absolute atomic E-state index is 0.0126. The molecule has 1 unspecified atom stereocenters. The number of carboxylic acid groups (broad SMARTS) is 1. The van der Waals surface area contributed by atoms with Crippen molar-refractivity contribution in [2.45, 2.75) is 5.72 Å². The van der Waals surface area contributed by atoms with Crippen LogP contribution < -0.4 is 10.2 Å². The second-order valence-electron chi connectivity index (χ2n) is 7.41. The first-order chi connectivity index (χ1) is 15.8. The number of halogens is 1. The molecule has 8 nitrogen and oxygen atoms in total. The Morgan fingerprint density at radius 3 is 2.73 bits per heavy atom. The SMILES string of the molecule is C#Cc1cc(N2C(=O)c3ccccc3C2(O)c2ccc3nc(NC(=O)O)[nH]c3c2)ccc1F. The number of hydrogen-bond donors (Lipinski definition) is 4. The molecule has 0 radical (unpaired) electrons. The van der Waals surface area contributed by atoms with E-state index in [4.69, 9.17) is 11.5 Å². The minimum Gasteiger partial charge on any atom is -0.465 e. The third kappa shape index (κ3) is 3.01. The molecular weight excluding hydrogens is 427 g/mol. The number of H-pyrrole nitrogens is 1. The molecule has 2 heterocycles. The van der Waals surface area contributed by atoms with Crippen LogP contribution in [-0.4, -0.2) is 32.2 Å². The van der Waals surface area contributed by atoms with E-state index in [9.17, 15) is 19.1 Å². The maximum atomic E-state index is 14.0. The van der Waals surface area contributed by atoms with Crippen LogP contribution in [0.15, 0.2) is 60.7 Å². The zero-order chi connectivity index (χ0) is 23.3. The van der Waals surface area contributed by atoms with Gasteiger partial charge in [-0.25, -0.2) is 14.2 Å². The fourth-order valence-corrected chi connectivity index (χ4v) is 4.10. The predicted octanol–water partition coefficient (Wildman–Crippen LogP) is 3.63. The number of aliphatic hydroxyl groups is 1. The number of rotatable bonds is 3. The summed E-state index contributed by atoms with van der Waals surface area (Å²) >= 11 is 0. The van der Waals surface area contributed by atoms with E-state index >= 15 is 0 Å². The van der Waals surface area contributed by atoms with Gasteiger partial charge in [0.25, 0.3) is 5.91 Å². The van der Waals surface area contributed by atoms with Crippen molar-refractivity contribution < 1.29 is 24.2 Å². The first kappa shape index (κ1) is 20.2. The molecule has 1 atom stereocenters. The monoisotopic (exact) mass is 442 g/mol. The summed E-state index contributed by atoms with van der Waals surface area (Å²) in [6.07, 6.45) is 4.12. The molecule has 0 fully saturated rings. The Kier molecular flexibility index (Phi) is 4.41. The van der Waals surface area contributed by atoms with E-state index in [-0.39, 0.29) is 22.8 Å². The second-order valence-corrected chi connectivity index (χ2v) is 7.41. The normalized spacial score (nSPS) is 17.1. The van der Waals surface area contributed by atoms with Crippen LogP contribution in [0.3, 0.4) is 0 Å². The lowest BCUT2D eigenvalue weighted by Crippen LogP contribution is -2.45. The Hall–Kier alpha value is -4.68. The average Bonchev–Trinajstić information content (AvgIpc) is 3.30. The summed E-state index contributed by atoms with van der Waals surface area (Å²) in [5, 5.41) is 23.1. The van der Waals surface area contributed by atoms with Gasteiger partial charge in [-0.1, -0.05) is 30.2 Å². The van der Waals surface area contributed by atoms with E-state index in [0.717, 1.165) is 11.0 Å². The zero-order valence-electron chi connectivity index (χ0n) is 16.8. The maximum absolute atomic E-state index is 14.0. The summed E-state index contributed by atoms with van der Waals surface area (Å²) in [7, 11) is 0. The van der Waals surface area contributed by atoms with Crippen molar-refractivity contribution in [2.24, 2.45) is 0 Å². The summed E-state index contributed by atoms with van der Waals surface area (Å²) in [5.74, 6) is 1.15. The van der Waals surface area contributed by atoms with E-state index in [0.29, 0.717) is 22.2 Å². The van der Waals surface area contributed by atoms with Gasteiger partial charge in [-0.3, -0.25) is 15.0 Å². The van der Waals surface area contributed by atoms with Gasteiger partial charge in [0, 0.05) is 22.4 Å². The lowest BCUT2D eigenvalue weighted by molar-refractivity contribution is 0.0704. The molecule has 5 rings (SSSR count). The number of hydrogen-bond acceptors (Lipinski definition) is 4. The van der Waals surface area contributed by atoms with Crippen LogP contribution in [0.5, 0.6) is 0 Å². The largest absolute Gasteiger partial charge is 0.465 e. The highest BCUT2D eigenvalue weighted by Crippen LogP contribution is 2.45. The number of nitrogens with one attached hydrogen (secondary N) is 2. The van der Waals surface area contributed by atoms with Crippen LogP contribution in [0.4, 0.5) is 20.8 Å². The Balaban J connectivity index is 1.72. The van der Waals surface area contributed by atoms with Gasteiger partial charge in [0.15, 0.2) is 5.72 Å². The van der Waals surface area contributed by atoms with Crippen molar-refractivity contribution in [2.75, 3.05) is 10.2 Å². The number of carbonyl (C=O) groups excluding carboxylic acids is 1. The highest BCUT2D eigenvalue weighted by Gasteiger charge is 2.50. The number of fused-ring (bicyclic) bond motifs is 2. The number of aromatic amines is 1. The molecule has 0 saturated heterocycles. The molecule has 1 aliphatic rings. The average molecular weight is 442 g/mol. The van der Waals surface area contributed by atoms with Crippen molar-refractivity contribution in [3.8, 4) is 12.3 Å². The van der Waals surface area contributed by atoms with Crippen molar-refractivity contribution >= 4 is 34.7 Å². The molecule has 4 aromatic rings. The number of aromatic nitrogens is 2. The molecule has 2 amide bonds. The first-order valence-corrected chi connectivity index (χ1v) is 9.75. The van der Waals surface area contributed by atoms with E-state index < -0.39 is 23.5 Å². The van der Waals surface area contributed by atoms with Gasteiger partial charge in [0.1, 0.15) is 5.82 Å². The Labute approximate surface area is 186 Å². The zero-order valence-corrected chi connectivity index (χ0v) is 16.8. The molecule has 0 aliphatic carbocycles. The van der Waals surface area contributed by atoms with E-state index in [1.807, 2.05) is 0 Å². The number of benzene rings is 3. The number of amides is 2. The van der Waals surface area contributed by atoms with Crippen molar-refractivity contribution in [3.63, 3.8) is 0 Å². The van der Waals surface area contributed by atoms with Crippen molar-refractivity contribution in [1.29, 1.82) is 0 Å². The number of terminal acetylenes is 1. The number of anilines is 2. The van der Waals surface area contributed by atoms with Gasteiger partial charge in [-0.2, -0.15) is 0 Å². The van der Waals surface area contributed by atoms with Crippen LogP contribution in [0.1, 0.15) is 27.0 Å². The summed E-state index contributed by atoms with van der Waals surface area (Å²) < 4.78 is 14.0. The topological polar surface area (TPSA) is 119 Å². The second kappa shape index (κ2) is 7.19. The van der Waals surface area contributed by atoms with Gasteiger partial charge in [-0.05, 0) is 36.4 Å². The van der Waals surface area contributed by atoms with Gasteiger partial charge in [0.05, 0.1) is 16.6 Å². The van der Waals surface area contributed by atoms with Crippen LogP contribution in [0, 0.1) is 18.2 Å². The standard InChI is InChI=1S/C24H15FN4O4/c1-2-13-11-15(8-9-18(13)25)29-21(30)16-5-3-4-6-17(16)24(29,33)14-7-10-19-20(12-14)27-22(26-19)28-23(31)32/h1,3-12,33H,(H,31,32)(H2,26,27,28). The highest BCUT2D eigenvalue weighted by atomic mass is 19.1. The number of nitrogens with zero attached hydrogens (tertiary/aromatic N) is 2. The van der Waals surface area contributed by atoms with Crippen LogP contribution >= 0.6 is 0 Å². The highest BCUT2D eigenvalue weighted by molar-refractivity contribution is 6.12. The maximum Gasteiger partial charge on any atom is 0.411 e. The number of carbonyl (C=O) groups is 2. The van der Waals surface area contributed by atoms with Crippen molar-refractivity contribution in [3.05, 3.63) is 88.7 Å². The molecule has 3 aromatic carbocycles. The Morgan fingerprint density at radius 2 is 1.97 bits per heavy atom. The molecule has 0 bridgehead atoms. The Bertz CT molecular complexity index is 1510. The van der Waals surface area contributed by atoms with Gasteiger partial charge in [0.2, 0.25) is 5.95 Å². The third-order valence-electron chi connectivity index (χ3n) is 5.53. The molecule has 1 aliphatic heterocycles. The molecule has 4 N–H and O–H groups in total. The van der Waals surface area contributed by atoms with E-state index in [1.54, 1.807) is 42.5 Å². The third-order valence-corrected chi connectivity index (χ3v) is 5.53. The molecule has 0 saturated carbocycles. The summed E-state index contributed by atoms with van der Waals surface area (Å²) in [6.45, 7) is 0. The van der Waals surface area contributed by atoms with Crippen LogP contribution in [0.2, 0.25) is 0 Å². The number of imidazole rings is 1. The fourth-order valence-electron chi connectivity index (χ4n) is 4.10. The lowest BCUT2D eigenvalue weighted by Gasteiger charge is -2.35. The first-order valence-electron chi connectivity index (χ1n) is 9.75.